The Kier molecular flexibility index (Phi) is 4.35. The average Bonchev–Trinajstić information content (AvgIpc) is 2.18. The minimum absolute atomic E-state index is 0.351. The summed E-state index contributed by atoms with van der Waals surface area (Å²) in [6.45, 7) is 0.875. The number of amides is 1. The SMILES string of the molecule is CC(=O)N[C@H]1[C@@H](O)[C@H](O)[C@@H](CO)O[C@H]1S. The molecule has 1 heterocycles. The van der Waals surface area contributed by atoms with Crippen LogP contribution in [0.25, 0.3) is 0 Å². The molecule has 5 atom stereocenters. The highest BCUT2D eigenvalue weighted by Crippen LogP contribution is 2.22. The van der Waals surface area contributed by atoms with Crippen LogP contribution in [0.2, 0.25) is 0 Å². The number of rotatable bonds is 2. The third-order valence-electron chi connectivity index (χ3n) is 2.27. The monoisotopic (exact) mass is 237 g/mol. The Balaban J connectivity index is 2.70. The molecule has 6 nitrogen and oxygen atoms in total. The van der Waals surface area contributed by atoms with Crippen molar-refractivity contribution in [3.63, 3.8) is 0 Å². The minimum atomic E-state index is -1.24. The van der Waals surface area contributed by atoms with Gasteiger partial charge >= 0.3 is 0 Å². The highest BCUT2D eigenvalue weighted by Gasteiger charge is 2.43. The standard InChI is InChI=1S/C8H15NO5S/c1-3(11)9-5-7(13)6(12)4(2-10)14-8(5)15/h4-8,10,12-13,15H,2H2,1H3,(H,9,11)/t4-,5+,6-,7-,8+/m1/s1. The van der Waals surface area contributed by atoms with Crippen LogP contribution in [0.5, 0.6) is 0 Å². The zero-order chi connectivity index (χ0) is 11.6. The maximum absolute atomic E-state index is 10.8. The highest BCUT2D eigenvalue weighted by molar-refractivity contribution is 7.80. The van der Waals surface area contributed by atoms with Crippen molar-refractivity contribution in [3.8, 4) is 0 Å². The topological polar surface area (TPSA) is 99.0 Å². The van der Waals surface area contributed by atoms with Crippen molar-refractivity contribution in [1.82, 2.24) is 5.32 Å². The van der Waals surface area contributed by atoms with Gasteiger partial charge in [-0.1, -0.05) is 0 Å². The highest BCUT2D eigenvalue weighted by atomic mass is 32.1. The lowest BCUT2D eigenvalue weighted by Crippen LogP contribution is -2.62. The van der Waals surface area contributed by atoms with Crippen LogP contribution in [0.4, 0.5) is 0 Å². The summed E-state index contributed by atoms with van der Waals surface area (Å²) in [6, 6.07) is -0.788. The summed E-state index contributed by atoms with van der Waals surface area (Å²) in [5.74, 6) is -0.351. The molecule has 1 aliphatic rings. The van der Waals surface area contributed by atoms with Crippen molar-refractivity contribution in [1.29, 1.82) is 0 Å². The molecule has 1 amide bonds. The number of aliphatic hydroxyl groups is 3. The van der Waals surface area contributed by atoms with Crippen LogP contribution >= 0.6 is 12.6 Å². The van der Waals surface area contributed by atoms with Gasteiger partial charge in [-0.25, -0.2) is 0 Å². The number of aliphatic hydroxyl groups excluding tert-OH is 3. The lowest BCUT2D eigenvalue weighted by molar-refractivity contribution is -0.173. The molecule has 7 heteroatoms. The van der Waals surface area contributed by atoms with E-state index in [1.807, 2.05) is 0 Å². The second-order valence-electron chi connectivity index (χ2n) is 3.46. The van der Waals surface area contributed by atoms with Gasteiger partial charge in [0.1, 0.15) is 23.7 Å². The molecule has 88 valence electrons. The normalized spacial score (nSPS) is 41.3. The van der Waals surface area contributed by atoms with Gasteiger partial charge in [-0.05, 0) is 0 Å². The quantitative estimate of drug-likeness (QED) is 0.353. The summed E-state index contributed by atoms with van der Waals surface area (Å²) >= 11 is 4.02. The molecule has 0 radical (unpaired) electrons. The molecule has 0 bridgehead atoms. The first-order chi connectivity index (χ1) is 6.97. The molecule has 0 aromatic heterocycles. The summed E-state index contributed by atoms with van der Waals surface area (Å²) in [5.41, 5.74) is -0.760. The molecule has 0 aromatic carbocycles. The van der Waals surface area contributed by atoms with E-state index in [0.717, 1.165) is 0 Å². The summed E-state index contributed by atoms with van der Waals surface area (Å²) in [4.78, 5) is 10.8. The van der Waals surface area contributed by atoms with E-state index >= 15 is 0 Å². The Bertz CT molecular complexity index is 239. The predicted molar refractivity (Wildman–Crippen MR) is 54.4 cm³/mol. The largest absolute Gasteiger partial charge is 0.394 e. The molecule has 0 aromatic rings. The molecule has 0 saturated carbocycles. The van der Waals surface area contributed by atoms with Crippen molar-refractivity contribution >= 4 is 18.5 Å². The van der Waals surface area contributed by atoms with Crippen LogP contribution in [-0.4, -0.2) is 57.6 Å². The fourth-order valence-electron chi connectivity index (χ4n) is 1.49. The first-order valence-electron chi connectivity index (χ1n) is 4.55. The van der Waals surface area contributed by atoms with Crippen LogP contribution < -0.4 is 5.32 Å². The minimum Gasteiger partial charge on any atom is -0.394 e. The number of hydrogen-bond donors (Lipinski definition) is 5. The number of nitrogens with one attached hydrogen (secondary N) is 1. The first kappa shape index (κ1) is 12.7. The second kappa shape index (κ2) is 5.13. The Morgan fingerprint density at radius 3 is 2.53 bits per heavy atom. The van der Waals surface area contributed by atoms with Crippen molar-refractivity contribution in [3.05, 3.63) is 0 Å². The van der Waals surface area contributed by atoms with E-state index < -0.39 is 36.4 Å². The Hall–Kier alpha value is -0.340. The molecule has 1 saturated heterocycles. The number of hydrogen-bond acceptors (Lipinski definition) is 6. The molecule has 0 unspecified atom stereocenters. The maximum Gasteiger partial charge on any atom is 0.217 e. The van der Waals surface area contributed by atoms with Crippen molar-refractivity contribution in [2.45, 2.75) is 36.7 Å². The van der Waals surface area contributed by atoms with Gasteiger partial charge in [-0.3, -0.25) is 4.79 Å². The number of ether oxygens (including phenoxy) is 1. The van der Waals surface area contributed by atoms with Crippen molar-refractivity contribution < 1.29 is 24.9 Å². The van der Waals surface area contributed by atoms with E-state index in [1.165, 1.54) is 6.92 Å². The van der Waals surface area contributed by atoms with Crippen LogP contribution in [0.1, 0.15) is 6.92 Å². The lowest BCUT2D eigenvalue weighted by atomic mass is 9.98. The van der Waals surface area contributed by atoms with Crippen LogP contribution in [-0.2, 0) is 9.53 Å². The van der Waals surface area contributed by atoms with Gasteiger partial charge in [0.25, 0.3) is 0 Å². The summed E-state index contributed by atoms with van der Waals surface area (Å²) in [7, 11) is 0. The third kappa shape index (κ3) is 2.82. The molecule has 4 N–H and O–H groups in total. The fourth-order valence-corrected chi connectivity index (χ4v) is 1.89. The van der Waals surface area contributed by atoms with E-state index in [9.17, 15) is 15.0 Å². The first-order valence-corrected chi connectivity index (χ1v) is 5.06. The fraction of sp³-hybridized carbons (Fsp3) is 0.875. The second-order valence-corrected chi connectivity index (χ2v) is 3.96. The molecule has 0 spiro atoms. The zero-order valence-electron chi connectivity index (χ0n) is 8.20. The van der Waals surface area contributed by atoms with Crippen molar-refractivity contribution in [2.24, 2.45) is 0 Å². The van der Waals surface area contributed by atoms with Gasteiger partial charge in [0, 0.05) is 6.92 Å². The molecule has 1 fully saturated rings. The van der Waals surface area contributed by atoms with Gasteiger partial charge in [-0.15, -0.1) is 12.6 Å². The van der Waals surface area contributed by atoms with E-state index in [1.54, 1.807) is 0 Å². The number of carbonyl (C=O) groups is 1. The molecule has 15 heavy (non-hydrogen) atoms. The summed E-state index contributed by atoms with van der Waals surface area (Å²) < 4.78 is 5.12. The smallest absolute Gasteiger partial charge is 0.217 e. The number of thiol groups is 1. The Labute approximate surface area is 92.7 Å². The predicted octanol–water partition coefficient (Wildman–Crippen LogP) is -2.14. The summed E-state index contributed by atoms with van der Waals surface area (Å²) in [6.07, 6.45) is -3.33. The molecular weight excluding hydrogens is 222 g/mol. The van der Waals surface area contributed by atoms with Crippen LogP contribution in [0.15, 0.2) is 0 Å². The van der Waals surface area contributed by atoms with E-state index in [-0.39, 0.29) is 5.91 Å². The van der Waals surface area contributed by atoms with Gasteiger partial charge in [0.2, 0.25) is 5.91 Å². The Morgan fingerprint density at radius 2 is 2.07 bits per heavy atom. The maximum atomic E-state index is 10.8. The van der Waals surface area contributed by atoms with Crippen LogP contribution in [0, 0.1) is 0 Å². The molecule has 0 aliphatic carbocycles. The molecule has 1 rings (SSSR count). The van der Waals surface area contributed by atoms with Gasteiger partial charge < -0.3 is 25.4 Å². The van der Waals surface area contributed by atoms with Crippen LogP contribution in [0.3, 0.4) is 0 Å². The number of carbonyl (C=O) groups excluding carboxylic acids is 1. The molecular formula is C8H15NO5S. The molecule has 1 aliphatic heterocycles. The lowest BCUT2D eigenvalue weighted by Gasteiger charge is -2.40. The van der Waals surface area contributed by atoms with E-state index in [2.05, 4.69) is 17.9 Å². The van der Waals surface area contributed by atoms with Gasteiger partial charge in [0.15, 0.2) is 0 Å². The third-order valence-corrected chi connectivity index (χ3v) is 2.71. The van der Waals surface area contributed by atoms with Gasteiger partial charge in [0.05, 0.1) is 12.6 Å². The van der Waals surface area contributed by atoms with Gasteiger partial charge in [-0.2, -0.15) is 0 Å². The summed E-state index contributed by atoms with van der Waals surface area (Å²) in [5, 5.41) is 30.4. The van der Waals surface area contributed by atoms with E-state index in [0.29, 0.717) is 0 Å². The van der Waals surface area contributed by atoms with E-state index in [4.69, 9.17) is 9.84 Å². The average molecular weight is 237 g/mol. The van der Waals surface area contributed by atoms with Crippen molar-refractivity contribution in [2.75, 3.05) is 6.61 Å². The Morgan fingerprint density at radius 1 is 1.47 bits per heavy atom. The zero-order valence-corrected chi connectivity index (χ0v) is 9.09.